The van der Waals surface area contributed by atoms with Crippen LogP contribution < -0.4 is 0 Å². The smallest absolute Gasteiger partial charge is 0.0678 e. The predicted molar refractivity (Wildman–Crippen MR) is 77.7 cm³/mol. The average molecular weight is 233 g/mol. The van der Waals surface area contributed by atoms with Crippen molar-refractivity contribution < 1.29 is 0 Å². The Bertz CT molecular complexity index is 293. The third-order valence-electron chi connectivity index (χ3n) is 3.89. The van der Waals surface area contributed by atoms with Gasteiger partial charge in [0.1, 0.15) is 0 Å². The fourth-order valence-corrected chi connectivity index (χ4v) is 2.65. The molecule has 0 spiro atoms. The van der Waals surface area contributed by atoms with Crippen molar-refractivity contribution in [3.63, 3.8) is 0 Å². The molecule has 1 aliphatic carbocycles. The van der Waals surface area contributed by atoms with E-state index in [0.29, 0.717) is 5.41 Å². The molecule has 1 saturated carbocycles. The second-order valence-electron chi connectivity index (χ2n) is 5.71. The summed E-state index contributed by atoms with van der Waals surface area (Å²) in [5.41, 5.74) is 1.77. The Kier molecular flexibility index (Phi) is 5.67. The second-order valence-corrected chi connectivity index (χ2v) is 5.71. The molecular weight excluding hydrogens is 206 g/mol. The Morgan fingerprint density at radius 3 is 2.59 bits per heavy atom. The van der Waals surface area contributed by atoms with Crippen LogP contribution in [0.15, 0.2) is 29.3 Å². The minimum atomic E-state index is 0.255. The zero-order valence-electron chi connectivity index (χ0n) is 11.7. The Hall–Kier alpha value is -0.850. The van der Waals surface area contributed by atoms with Crippen molar-refractivity contribution in [1.82, 2.24) is 0 Å². The van der Waals surface area contributed by atoms with Crippen LogP contribution in [0.2, 0.25) is 0 Å². The minimum absolute atomic E-state index is 0.255. The van der Waals surface area contributed by atoms with E-state index in [1.807, 2.05) is 25.3 Å². The SMILES string of the molecule is C=C(CC1(C)CCCCC1)C(C)/N=C/C=C/C. The maximum Gasteiger partial charge on any atom is 0.0678 e. The number of nitrogens with zero attached hydrogens (tertiary/aromatic N) is 1. The van der Waals surface area contributed by atoms with Crippen molar-refractivity contribution in [2.75, 3.05) is 0 Å². The van der Waals surface area contributed by atoms with Crippen LogP contribution in [0.3, 0.4) is 0 Å². The Morgan fingerprint density at radius 2 is 2.00 bits per heavy atom. The van der Waals surface area contributed by atoms with Crippen molar-refractivity contribution in [2.45, 2.75) is 65.3 Å². The van der Waals surface area contributed by atoms with E-state index in [4.69, 9.17) is 0 Å². The summed E-state index contributed by atoms with van der Waals surface area (Å²) < 4.78 is 0. The van der Waals surface area contributed by atoms with Gasteiger partial charge >= 0.3 is 0 Å². The summed E-state index contributed by atoms with van der Waals surface area (Å²) in [5.74, 6) is 0. The van der Waals surface area contributed by atoms with Crippen molar-refractivity contribution >= 4 is 6.21 Å². The van der Waals surface area contributed by atoms with Gasteiger partial charge in [-0.1, -0.05) is 44.4 Å². The van der Waals surface area contributed by atoms with Gasteiger partial charge in [-0.05, 0) is 44.6 Å². The van der Waals surface area contributed by atoms with E-state index >= 15 is 0 Å². The molecule has 1 aliphatic rings. The van der Waals surface area contributed by atoms with Crippen LogP contribution in [0.5, 0.6) is 0 Å². The largest absolute Gasteiger partial charge is 0.286 e. The maximum atomic E-state index is 4.50. The summed E-state index contributed by atoms with van der Waals surface area (Å²) in [6.45, 7) is 10.8. The van der Waals surface area contributed by atoms with Gasteiger partial charge in [-0.25, -0.2) is 0 Å². The highest BCUT2D eigenvalue weighted by Crippen LogP contribution is 2.41. The monoisotopic (exact) mass is 233 g/mol. The van der Waals surface area contributed by atoms with Gasteiger partial charge in [0, 0.05) is 6.21 Å². The van der Waals surface area contributed by atoms with E-state index in [1.54, 1.807) is 0 Å². The minimum Gasteiger partial charge on any atom is -0.286 e. The van der Waals surface area contributed by atoms with E-state index in [1.165, 1.54) is 37.7 Å². The third kappa shape index (κ3) is 4.89. The second kappa shape index (κ2) is 6.78. The highest BCUT2D eigenvalue weighted by molar-refractivity contribution is 5.71. The van der Waals surface area contributed by atoms with Crippen LogP contribution in [-0.4, -0.2) is 12.3 Å². The average Bonchev–Trinajstić information content (AvgIpc) is 2.29. The standard InChI is InChI=1S/C16H27N/c1-5-6-12-17-15(3)14(2)13-16(4)10-8-7-9-11-16/h5-6,12,15H,2,7-11,13H2,1,3-4H3/b6-5+,17-12+. The Balaban J connectivity index is 2.47. The molecule has 1 unspecified atom stereocenters. The predicted octanol–water partition coefficient (Wildman–Crippen LogP) is 4.94. The number of aliphatic imine (C=N–C) groups is 1. The van der Waals surface area contributed by atoms with Crippen molar-refractivity contribution in [1.29, 1.82) is 0 Å². The van der Waals surface area contributed by atoms with E-state index in [-0.39, 0.29) is 6.04 Å². The summed E-state index contributed by atoms with van der Waals surface area (Å²) in [4.78, 5) is 4.50. The molecule has 0 saturated heterocycles. The molecule has 0 bridgehead atoms. The molecule has 96 valence electrons. The fourth-order valence-electron chi connectivity index (χ4n) is 2.65. The zero-order chi connectivity index (χ0) is 12.7. The molecule has 0 radical (unpaired) electrons. The summed E-state index contributed by atoms with van der Waals surface area (Å²) in [6, 6.07) is 0.255. The topological polar surface area (TPSA) is 12.4 Å². The lowest BCUT2D eigenvalue weighted by molar-refractivity contribution is 0.212. The summed E-state index contributed by atoms with van der Waals surface area (Å²) in [5, 5.41) is 0. The molecule has 0 heterocycles. The highest BCUT2D eigenvalue weighted by atomic mass is 14.8. The zero-order valence-corrected chi connectivity index (χ0v) is 11.7. The van der Waals surface area contributed by atoms with Gasteiger partial charge in [0.05, 0.1) is 6.04 Å². The number of hydrogen-bond donors (Lipinski definition) is 0. The van der Waals surface area contributed by atoms with E-state index in [0.717, 1.165) is 6.42 Å². The molecule has 0 aromatic carbocycles. The lowest BCUT2D eigenvalue weighted by Crippen LogP contribution is -2.22. The fraction of sp³-hybridized carbons (Fsp3) is 0.688. The van der Waals surface area contributed by atoms with Crippen molar-refractivity contribution in [3.8, 4) is 0 Å². The summed E-state index contributed by atoms with van der Waals surface area (Å²) >= 11 is 0. The van der Waals surface area contributed by atoms with Crippen LogP contribution in [0, 0.1) is 5.41 Å². The third-order valence-corrected chi connectivity index (χ3v) is 3.89. The Morgan fingerprint density at radius 1 is 1.35 bits per heavy atom. The van der Waals surface area contributed by atoms with E-state index in [9.17, 15) is 0 Å². The lowest BCUT2D eigenvalue weighted by Gasteiger charge is -2.35. The van der Waals surface area contributed by atoms with Crippen LogP contribution >= 0.6 is 0 Å². The van der Waals surface area contributed by atoms with E-state index < -0.39 is 0 Å². The molecule has 1 nitrogen and oxygen atoms in total. The molecule has 1 heteroatoms. The van der Waals surface area contributed by atoms with Gasteiger partial charge in [-0.3, -0.25) is 4.99 Å². The van der Waals surface area contributed by atoms with Crippen molar-refractivity contribution in [2.24, 2.45) is 10.4 Å². The van der Waals surface area contributed by atoms with Gasteiger partial charge in [0.15, 0.2) is 0 Å². The molecule has 0 aromatic heterocycles. The van der Waals surface area contributed by atoms with Gasteiger partial charge in [-0.15, -0.1) is 0 Å². The molecule has 17 heavy (non-hydrogen) atoms. The normalized spacial score (nSPS) is 22.1. The number of hydrogen-bond acceptors (Lipinski definition) is 1. The molecule has 0 aliphatic heterocycles. The number of allylic oxidation sites excluding steroid dienone is 2. The van der Waals surface area contributed by atoms with E-state index in [2.05, 4.69) is 25.4 Å². The van der Waals surface area contributed by atoms with Gasteiger partial charge < -0.3 is 0 Å². The first-order valence-electron chi connectivity index (χ1n) is 6.89. The first-order chi connectivity index (χ1) is 8.07. The molecule has 1 fully saturated rings. The first-order valence-corrected chi connectivity index (χ1v) is 6.89. The van der Waals surface area contributed by atoms with Crippen LogP contribution in [0.25, 0.3) is 0 Å². The molecule has 0 amide bonds. The van der Waals surface area contributed by atoms with Crippen LogP contribution in [-0.2, 0) is 0 Å². The number of rotatable bonds is 5. The van der Waals surface area contributed by atoms with Gasteiger partial charge in [0.25, 0.3) is 0 Å². The molecule has 1 atom stereocenters. The summed E-state index contributed by atoms with van der Waals surface area (Å²) in [7, 11) is 0. The molecule has 0 N–H and O–H groups in total. The Labute approximate surface area is 107 Å². The molecule has 0 aromatic rings. The quantitative estimate of drug-likeness (QED) is 0.471. The summed E-state index contributed by atoms with van der Waals surface area (Å²) in [6.07, 6.45) is 13.9. The van der Waals surface area contributed by atoms with Gasteiger partial charge in [-0.2, -0.15) is 0 Å². The maximum absolute atomic E-state index is 4.50. The molecular formula is C16H27N. The van der Waals surface area contributed by atoms with Crippen molar-refractivity contribution in [3.05, 3.63) is 24.3 Å². The first kappa shape index (κ1) is 14.2. The van der Waals surface area contributed by atoms with Gasteiger partial charge in [0.2, 0.25) is 0 Å². The lowest BCUT2D eigenvalue weighted by atomic mass is 9.71. The highest BCUT2D eigenvalue weighted by Gasteiger charge is 2.28. The molecule has 1 rings (SSSR count). The van der Waals surface area contributed by atoms with Crippen LogP contribution in [0.4, 0.5) is 0 Å². The van der Waals surface area contributed by atoms with Crippen LogP contribution in [0.1, 0.15) is 59.3 Å².